The first-order valence-electron chi connectivity index (χ1n) is 6.85. The van der Waals surface area contributed by atoms with Crippen molar-refractivity contribution in [2.75, 3.05) is 6.61 Å². The van der Waals surface area contributed by atoms with Crippen LogP contribution in [0.1, 0.15) is 24.1 Å². The van der Waals surface area contributed by atoms with Gasteiger partial charge in [0, 0.05) is 10.5 Å². The zero-order valence-electron chi connectivity index (χ0n) is 11.6. The van der Waals surface area contributed by atoms with Crippen molar-refractivity contribution in [1.82, 2.24) is 5.32 Å². The van der Waals surface area contributed by atoms with E-state index in [2.05, 4.69) is 52.4 Å². The monoisotopic (exact) mass is 333 g/mol. The molecule has 2 atom stereocenters. The largest absolute Gasteiger partial charge is 0.394 e. The molecule has 0 spiro atoms. The first kappa shape index (κ1) is 15.2. The molecule has 0 aliphatic heterocycles. The summed E-state index contributed by atoms with van der Waals surface area (Å²) in [6, 6.07) is 18.7. The van der Waals surface area contributed by atoms with E-state index in [-0.39, 0.29) is 12.6 Å². The molecule has 0 saturated heterocycles. The molecule has 0 aromatic heterocycles. The van der Waals surface area contributed by atoms with E-state index < -0.39 is 0 Å². The average Bonchev–Trinajstić information content (AvgIpc) is 2.48. The highest BCUT2D eigenvalue weighted by Gasteiger charge is 2.13. The van der Waals surface area contributed by atoms with E-state index in [0.717, 1.165) is 16.5 Å². The lowest BCUT2D eigenvalue weighted by atomic mass is 10.0. The van der Waals surface area contributed by atoms with Crippen LogP contribution in [0.5, 0.6) is 0 Å². The highest BCUT2D eigenvalue weighted by molar-refractivity contribution is 9.10. The van der Waals surface area contributed by atoms with Crippen molar-refractivity contribution >= 4 is 15.9 Å². The molecule has 2 N–H and O–H groups in total. The molecule has 0 heterocycles. The maximum Gasteiger partial charge on any atom is 0.0626 e. The number of aliphatic hydroxyl groups is 1. The lowest BCUT2D eigenvalue weighted by Gasteiger charge is -2.22. The first-order chi connectivity index (χ1) is 9.69. The van der Waals surface area contributed by atoms with Crippen molar-refractivity contribution in [1.29, 1.82) is 0 Å². The first-order valence-corrected chi connectivity index (χ1v) is 7.64. The van der Waals surface area contributed by atoms with Crippen LogP contribution in [0.2, 0.25) is 0 Å². The molecule has 0 aliphatic carbocycles. The van der Waals surface area contributed by atoms with Crippen molar-refractivity contribution in [3.05, 3.63) is 70.2 Å². The van der Waals surface area contributed by atoms with Crippen LogP contribution in [0.15, 0.2) is 59.1 Å². The van der Waals surface area contributed by atoms with Crippen LogP contribution in [0.3, 0.4) is 0 Å². The van der Waals surface area contributed by atoms with Gasteiger partial charge in [0.1, 0.15) is 0 Å². The average molecular weight is 334 g/mol. The third kappa shape index (κ3) is 4.44. The minimum absolute atomic E-state index is 0.0124. The lowest BCUT2D eigenvalue weighted by molar-refractivity contribution is 0.235. The Balaban J connectivity index is 1.95. The summed E-state index contributed by atoms with van der Waals surface area (Å²) in [4.78, 5) is 0. The Kier molecular flexibility index (Phi) is 5.77. The maximum atomic E-state index is 9.56. The third-order valence-electron chi connectivity index (χ3n) is 3.33. The summed E-state index contributed by atoms with van der Waals surface area (Å²) in [5.74, 6) is 0. The quantitative estimate of drug-likeness (QED) is 0.844. The minimum Gasteiger partial charge on any atom is -0.394 e. The summed E-state index contributed by atoms with van der Waals surface area (Å²) in [5.41, 5.74) is 2.41. The summed E-state index contributed by atoms with van der Waals surface area (Å²) < 4.78 is 1.10. The number of benzene rings is 2. The SMILES string of the molecule is CC(Cc1ccc(Br)cc1)N[C@@H](CO)c1ccccc1. The molecule has 0 amide bonds. The van der Waals surface area contributed by atoms with Crippen LogP contribution in [0, 0.1) is 0 Å². The molecule has 0 radical (unpaired) electrons. The van der Waals surface area contributed by atoms with Crippen LogP contribution >= 0.6 is 15.9 Å². The summed E-state index contributed by atoms with van der Waals surface area (Å²) >= 11 is 3.45. The van der Waals surface area contributed by atoms with E-state index in [0.29, 0.717) is 6.04 Å². The van der Waals surface area contributed by atoms with Crippen molar-refractivity contribution < 1.29 is 5.11 Å². The molecule has 1 unspecified atom stereocenters. The molecule has 0 aliphatic rings. The molecule has 20 heavy (non-hydrogen) atoms. The smallest absolute Gasteiger partial charge is 0.0626 e. The van der Waals surface area contributed by atoms with Gasteiger partial charge in [-0.3, -0.25) is 0 Å². The molecule has 2 rings (SSSR count). The van der Waals surface area contributed by atoms with Gasteiger partial charge in [-0.15, -0.1) is 0 Å². The predicted molar refractivity (Wildman–Crippen MR) is 86.7 cm³/mol. The zero-order valence-corrected chi connectivity index (χ0v) is 13.2. The lowest BCUT2D eigenvalue weighted by Crippen LogP contribution is -2.34. The molecule has 0 bridgehead atoms. The van der Waals surface area contributed by atoms with Gasteiger partial charge in [-0.1, -0.05) is 58.4 Å². The number of nitrogens with one attached hydrogen (secondary N) is 1. The number of aliphatic hydroxyl groups excluding tert-OH is 1. The molecule has 2 aromatic rings. The highest BCUT2D eigenvalue weighted by Crippen LogP contribution is 2.15. The number of halogens is 1. The van der Waals surface area contributed by atoms with E-state index in [1.165, 1.54) is 5.56 Å². The van der Waals surface area contributed by atoms with Crippen LogP contribution < -0.4 is 5.32 Å². The Morgan fingerprint density at radius 2 is 1.70 bits per heavy atom. The molecule has 0 fully saturated rings. The van der Waals surface area contributed by atoms with E-state index >= 15 is 0 Å². The van der Waals surface area contributed by atoms with Gasteiger partial charge in [-0.05, 0) is 36.6 Å². The van der Waals surface area contributed by atoms with Crippen LogP contribution in [0.25, 0.3) is 0 Å². The van der Waals surface area contributed by atoms with Gasteiger partial charge in [0.2, 0.25) is 0 Å². The predicted octanol–water partition coefficient (Wildman–Crippen LogP) is 3.70. The van der Waals surface area contributed by atoms with Gasteiger partial charge < -0.3 is 10.4 Å². The Bertz CT molecular complexity index is 512. The zero-order chi connectivity index (χ0) is 14.4. The summed E-state index contributed by atoms with van der Waals surface area (Å²) in [6.07, 6.45) is 0.941. The summed E-state index contributed by atoms with van der Waals surface area (Å²) in [5, 5.41) is 13.0. The van der Waals surface area contributed by atoms with Crippen LogP contribution in [-0.4, -0.2) is 17.8 Å². The Labute approximate surface area is 129 Å². The second-order valence-corrected chi connectivity index (χ2v) is 5.96. The molecule has 3 heteroatoms. The second-order valence-electron chi connectivity index (χ2n) is 5.04. The van der Waals surface area contributed by atoms with Crippen molar-refractivity contribution in [3.8, 4) is 0 Å². The fourth-order valence-electron chi connectivity index (χ4n) is 2.32. The third-order valence-corrected chi connectivity index (χ3v) is 3.85. The van der Waals surface area contributed by atoms with E-state index in [1.54, 1.807) is 0 Å². The van der Waals surface area contributed by atoms with Gasteiger partial charge >= 0.3 is 0 Å². The van der Waals surface area contributed by atoms with Gasteiger partial charge in [-0.2, -0.15) is 0 Å². The summed E-state index contributed by atoms with van der Waals surface area (Å²) in [6.45, 7) is 2.25. The summed E-state index contributed by atoms with van der Waals surface area (Å²) in [7, 11) is 0. The molecule has 0 saturated carbocycles. The van der Waals surface area contributed by atoms with Gasteiger partial charge in [0.05, 0.1) is 12.6 Å². The molecule has 2 nitrogen and oxygen atoms in total. The molecular formula is C17H20BrNO. The van der Waals surface area contributed by atoms with E-state index in [1.807, 2.05) is 30.3 Å². The standard InChI is InChI=1S/C17H20BrNO/c1-13(11-14-7-9-16(18)10-8-14)19-17(12-20)15-5-3-2-4-6-15/h2-10,13,17,19-20H,11-12H2,1H3/t13?,17-/m0/s1. The van der Waals surface area contributed by atoms with Gasteiger partial charge in [0.25, 0.3) is 0 Å². The molecular weight excluding hydrogens is 314 g/mol. The fraction of sp³-hybridized carbons (Fsp3) is 0.294. The Hall–Kier alpha value is -1.16. The second kappa shape index (κ2) is 7.58. The highest BCUT2D eigenvalue weighted by atomic mass is 79.9. The Morgan fingerprint density at radius 1 is 1.05 bits per heavy atom. The number of rotatable bonds is 6. The van der Waals surface area contributed by atoms with Gasteiger partial charge in [-0.25, -0.2) is 0 Å². The number of hydrogen-bond donors (Lipinski definition) is 2. The Morgan fingerprint density at radius 3 is 2.30 bits per heavy atom. The van der Waals surface area contributed by atoms with Gasteiger partial charge in [0.15, 0.2) is 0 Å². The fourth-order valence-corrected chi connectivity index (χ4v) is 2.58. The van der Waals surface area contributed by atoms with Crippen LogP contribution in [0.4, 0.5) is 0 Å². The van der Waals surface area contributed by atoms with E-state index in [4.69, 9.17) is 0 Å². The van der Waals surface area contributed by atoms with Crippen molar-refractivity contribution in [3.63, 3.8) is 0 Å². The van der Waals surface area contributed by atoms with E-state index in [9.17, 15) is 5.11 Å². The number of hydrogen-bond acceptors (Lipinski definition) is 2. The maximum absolute atomic E-state index is 9.56. The normalized spacial score (nSPS) is 13.9. The molecule has 106 valence electrons. The van der Waals surface area contributed by atoms with Crippen LogP contribution in [-0.2, 0) is 6.42 Å². The minimum atomic E-state index is -0.0124. The van der Waals surface area contributed by atoms with Crippen molar-refractivity contribution in [2.24, 2.45) is 0 Å². The molecule has 2 aromatic carbocycles. The topological polar surface area (TPSA) is 32.3 Å². The van der Waals surface area contributed by atoms with Crippen molar-refractivity contribution in [2.45, 2.75) is 25.4 Å².